The van der Waals surface area contributed by atoms with E-state index in [0.717, 1.165) is 6.42 Å². The van der Waals surface area contributed by atoms with E-state index < -0.39 is 5.97 Å². The summed E-state index contributed by atoms with van der Waals surface area (Å²) in [6.45, 7) is 2.82. The summed E-state index contributed by atoms with van der Waals surface area (Å²) in [6.07, 6.45) is 2.34. The molecule has 6 nitrogen and oxygen atoms in total. The number of likely N-dealkylation sites (tertiary alicyclic amines) is 1. The van der Waals surface area contributed by atoms with Crippen LogP contribution in [0.5, 0.6) is 0 Å². The largest absolute Gasteiger partial charge is 0.481 e. The lowest BCUT2D eigenvalue weighted by atomic mass is 10.1. The Morgan fingerprint density at radius 3 is 3.00 bits per heavy atom. The molecule has 6 heteroatoms. The number of rotatable bonds is 3. The summed E-state index contributed by atoms with van der Waals surface area (Å²) >= 11 is 0. The molecule has 1 amide bonds. The lowest BCUT2D eigenvalue weighted by Crippen LogP contribution is -2.29. The zero-order chi connectivity index (χ0) is 12.4. The van der Waals surface area contributed by atoms with Crippen LogP contribution in [0.25, 0.3) is 0 Å². The number of hydrogen-bond acceptors (Lipinski definition) is 4. The van der Waals surface area contributed by atoms with E-state index in [9.17, 15) is 9.59 Å². The van der Waals surface area contributed by atoms with Crippen molar-refractivity contribution < 1.29 is 19.2 Å². The molecule has 1 aromatic rings. The first-order valence-corrected chi connectivity index (χ1v) is 5.50. The van der Waals surface area contributed by atoms with Gasteiger partial charge in [0.25, 0.3) is 5.91 Å². The first kappa shape index (κ1) is 11.6. The molecular formula is C11H14N2O4. The Bertz CT molecular complexity index is 440. The number of aryl methyl sites for hydroxylation is 1. The van der Waals surface area contributed by atoms with E-state index in [0.29, 0.717) is 18.7 Å². The zero-order valence-electron chi connectivity index (χ0n) is 9.55. The van der Waals surface area contributed by atoms with Crippen molar-refractivity contribution >= 4 is 11.9 Å². The van der Waals surface area contributed by atoms with Crippen LogP contribution in [0.2, 0.25) is 0 Å². The lowest BCUT2D eigenvalue weighted by Gasteiger charge is -2.14. The molecule has 0 spiro atoms. The van der Waals surface area contributed by atoms with Crippen LogP contribution in [0.4, 0.5) is 0 Å². The molecule has 17 heavy (non-hydrogen) atoms. The molecular weight excluding hydrogens is 224 g/mol. The van der Waals surface area contributed by atoms with Crippen LogP contribution < -0.4 is 0 Å². The van der Waals surface area contributed by atoms with E-state index in [1.807, 2.05) is 0 Å². The Morgan fingerprint density at radius 1 is 1.65 bits per heavy atom. The minimum Gasteiger partial charge on any atom is -0.481 e. The summed E-state index contributed by atoms with van der Waals surface area (Å²) in [6, 6.07) is 0. The normalized spacial score (nSPS) is 19.6. The molecule has 0 aliphatic carbocycles. The molecule has 1 unspecified atom stereocenters. The highest BCUT2D eigenvalue weighted by molar-refractivity contribution is 5.92. The molecule has 2 rings (SSSR count). The van der Waals surface area contributed by atoms with E-state index in [1.165, 1.54) is 6.20 Å². The van der Waals surface area contributed by atoms with Gasteiger partial charge in [0.15, 0.2) is 0 Å². The number of nitrogens with zero attached hydrogens (tertiary/aromatic N) is 2. The lowest BCUT2D eigenvalue weighted by molar-refractivity contribution is -0.138. The molecule has 2 heterocycles. The Morgan fingerprint density at radius 2 is 2.41 bits per heavy atom. The van der Waals surface area contributed by atoms with E-state index in [2.05, 4.69) is 5.16 Å². The molecule has 1 fully saturated rings. The van der Waals surface area contributed by atoms with Crippen LogP contribution in [-0.4, -0.2) is 40.1 Å². The first-order chi connectivity index (χ1) is 8.08. The molecule has 1 N–H and O–H groups in total. The second kappa shape index (κ2) is 4.57. The molecule has 0 saturated carbocycles. The number of carboxylic acids is 1. The van der Waals surface area contributed by atoms with Gasteiger partial charge in [0.1, 0.15) is 0 Å². The Balaban J connectivity index is 1.99. The second-order valence-electron chi connectivity index (χ2n) is 4.34. The molecule has 1 aliphatic heterocycles. The molecule has 1 aromatic heterocycles. The summed E-state index contributed by atoms with van der Waals surface area (Å²) < 4.78 is 4.90. The molecule has 1 atom stereocenters. The highest BCUT2D eigenvalue weighted by atomic mass is 16.5. The van der Waals surface area contributed by atoms with Gasteiger partial charge in [-0.05, 0) is 19.3 Å². The number of carbonyl (C=O) groups excluding carboxylic acids is 1. The highest BCUT2D eigenvalue weighted by Crippen LogP contribution is 2.22. The fraction of sp³-hybridized carbons (Fsp3) is 0.545. The average molecular weight is 238 g/mol. The van der Waals surface area contributed by atoms with Gasteiger partial charge < -0.3 is 14.5 Å². The number of hydrogen-bond donors (Lipinski definition) is 1. The monoisotopic (exact) mass is 238 g/mol. The third-order valence-electron chi connectivity index (χ3n) is 2.98. The van der Waals surface area contributed by atoms with Crippen LogP contribution in [0.15, 0.2) is 10.7 Å². The number of aliphatic carboxylic acids is 1. The van der Waals surface area contributed by atoms with E-state index in [-0.39, 0.29) is 24.0 Å². The van der Waals surface area contributed by atoms with Gasteiger partial charge in [0.2, 0.25) is 5.76 Å². The predicted octanol–water partition coefficient (Wildman–Crippen LogP) is 0.920. The fourth-order valence-electron chi connectivity index (χ4n) is 2.07. The SMILES string of the molecule is Cc1cnoc1C(=O)N1CCC(CC(=O)O)C1. The van der Waals surface area contributed by atoms with Gasteiger partial charge in [-0.15, -0.1) is 0 Å². The van der Waals surface area contributed by atoms with Crippen molar-refractivity contribution in [1.82, 2.24) is 10.1 Å². The minimum atomic E-state index is -0.819. The van der Waals surface area contributed by atoms with Crippen molar-refractivity contribution in [2.75, 3.05) is 13.1 Å². The fourth-order valence-corrected chi connectivity index (χ4v) is 2.07. The Hall–Kier alpha value is -1.85. The van der Waals surface area contributed by atoms with Gasteiger partial charge in [0.05, 0.1) is 6.20 Å². The smallest absolute Gasteiger partial charge is 0.303 e. The van der Waals surface area contributed by atoms with Crippen LogP contribution in [0.3, 0.4) is 0 Å². The molecule has 0 radical (unpaired) electrons. The second-order valence-corrected chi connectivity index (χ2v) is 4.34. The standard InChI is InChI=1S/C11H14N2O4/c1-7-5-12-17-10(7)11(16)13-3-2-8(6-13)4-9(14)15/h5,8H,2-4,6H2,1H3,(H,14,15). The Labute approximate surface area is 98.2 Å². The van der Waals surface area contributed by atoms with Crippen molar-refractivity contribution in [3.05, 3.63) is 17.5 Å². The number of amides is 1. The van der Waals surface area contributed by atoms with Gasteiger partial charge >= 0.3 is 5.97 Å². The van der Waals surface area contributed by atoms with Crippen molar-refractivity contribution in [2.24, 2.45) is 5.92 Å². The molecule has 0 bridgehead atoms. The maximum Gasteiger partial charge on any atom is 0.303 e. The van der Waals surface area contributed by atoms with E-state index in [1.54, 1.807) is 11.8 Å². The van der Waals surface area contributed by atoms with E-state index >= 15 is 0 Å². The summed E-state index contributed by atoms with van der Waals surface area (Å²) in [5.74, 6) is -0.728. The van der Waals surface area contributed by atoms with Crippen molar-refractivity contribution in [3.8, 4) is 0 Å². The maximum absolute atomic E-state index is 12.0. The third kappa shape index (κ3) is 2.46. The summed E-state index contributed by atoms with van der Waals surface area (Å²) in [5.41, 5.74) is 0.705. The zero-order valence-corrected chi connectivity index (χ0v) is 9.55. The highest BCUT2D eigenvalue weighted by Gasteiger charge is 2.30. The predicted molar refractivity (Wildman–Crippen MR) is 57.5 cm³/mol. The van der Waals surface area contributed by atoms with Gasteiger partial charge in [-0.3, -0.25) is 9.59 Å². The van der Waals surface area contributed by atoms with Crippen molar-refractivity contribution in [1.29, 1.82) is 0 Å². The number of carbonyl (C=O) groups is 2. The van der Waals surface area contributed by atoms with Gasteiger partial charge in [-0.1, -0.05) is 5.16 Å². The van der Waals surface area contributed by atoms with Gasteiger partial charge in [-0.2, -0.15) is 0 Å². The summed E-state index contributed by atoms with van der Waals surface area (Å²) in [5, 5.41) is 12.3. The topological polar surface area (TPSA) is 83.6 Å². The number of carboxylic acid groups (broad SMARTS) is 1. The average Bonchev–Trinajstić information content (AvgIpc) is 2.85. The van der Waals surface area contributed by atoms with Gasteiger partial charge in [-0.25, -0.2) is 0 Å². The summed E-state index contributed by atoms with van der Waals surface area (Å²) in [7, 11) is 0. The quantitative estimate of drug-likeness (QED) is 0.846. The van der Waals surface area contributed by atoms with Crippen LogP contribution in [0.1, 0.15) is 29.0 Å². The van der Waals surface area contributed by atoms with E-state index in [4.69, 9.17) is 9.63 Å². The molecule has 0 aromatic carbocycles. The van der Waals surface area contributed by atoms with Gasteiger partial charge in [0, 0.05) is 25.1 Å². The van der Waals surface area contributed by atoms with Crippen molar-refractivity contribution in [2.45, 2.75) is 19.8 Å². The van der Waals surface area contributed by atoms with Crippen LogP contribution >= 0.6 is 0 Å². The number of aromatic nitrogens is 1. The molecule has 1 aliphatic rings. The third-order valence-corrected chi connectivity index (χ3v) is 2.98. The maximum atomic E-state index is 12.0. The summed E-state index contributed by atoms with van der Waals surface area (Å²) in [4.78, 5) is 24.2. The first-order valence-electron chi connectivity index (χ1n) is 5.50. The molecule has 92 valence electrons. The Kier molecular flexibility index (Phi) is 3.12. The van der Waals surface area contributed by atoms with Crippen molar-refractivity contribution in [3.63, 3.8) is 0 Å². The van der Waals surface area contributed by atoms with Crippen LogP contribution in [0, 0.1) is 12.8 Å². The molecule has 1 saturated heterocycles. The minimum absolute atomic E-state index is 0.0414. The van der Waals surface area contributed by atoms with Crippen LogP contribution in [-0.2, 0) is 4.79 Å².